The molecule has 0 saturated carbocycles. The molecule has 132 valence electrons. The van der Waals surface area contributed by atoms with Gasteiger partial charge in [0.1, 0.15) is 11.8 Å². The van der Waals surface area contributed by atoms with Crippen LogP contribution in [0.2, 0.25) is 0 Å². The van der Waals surface area contributed by atoms with Gasteiger partial charge in [-0.2, -0.15) is 0 Å². The predicted molar refractivity (Wildman–Crippen MR) is 92.9 cm³/mol. The molecule has 1 aliphatic rings. The zero-order chi connectivity index (χ0) is 17.5. The van der Waals surface area contributed by atoms with E-state index >= 15 is 0 Å². The molecule has 1 N–H and O–H groups in total. The van der Waals surface area contributed by atoms with Gasteiger partial charge < -0.3 is 19.9 Å². The highest BCUT2D eigenvalue weighted by Crippen LogP contribution is 2.12. The number of para-hydroxylation sites is 1. The highest BCUT2D eigenvalue weighted by molar-refractivity contribution is 5.86. The maximum Gasteiger partial charge on any atom is 0.413 e. The molecule has 1 fully saturated rings. The topological polar surface area (TPSA) is 61.9 Å². The van der Waals surface area contributed by atoms with Crippen LogP contribution < -0.4 is 10.1 Å². The summed E-state index contributed by atoms with van der Waals surface area (Å²) in [5, 5.41) is 2.74. The van der Waals surface area contributed by atoms with Gasteiger partial charge in [-0.25, -0.2) is 4.79 Å². The minimum absolute atomic E-state index is 0.0261. The number of carbonyl (C=O) groups is 2. The molecule has 1 saturated heterocycles. The highest BCUT2D eigenvalue weighted by Gasteiger charge is 2.29. The van der Waals surface area contributed by atoms with Crippen LogP contribution in [0.3, 0.4) is 0 Å². The molecule has 1 aromatic rings. The SMILES string of the molecule is CC(C)C[C@@H](NC(=O)Oc1ccccc1)C(=O)N1CCN(C)CC1. The number of likely N-dealkylation sites (N-methyl/N-ethyl adjacent to an activating group) is 1. The van der Waals surface area contributed by atoms with E-state index in [9.17, 15) is 9.59 Å². The van der Waals surface area contributed by atoms with Crippen LogP contribution >= 0.6 is 0 Å². The van der Waals surface area contributed by atoms with Crippen molar-refractivity contribution in [2.75, 3.05) is 33.2 Å². The quantitative estimate of drug-likeness (QED) is 0.895. The summed E-state index contributed by atoms with van der Waals surface area (Å²) in [5.74, 6) is 0.732. The first-order valence-corrected chi connectivity index (χ1v) is 8.46. The number of hydrogen-bond donors (Lipinski definition) is 1. The van der Waals surface area contributed by atoms with E-state index in [1.54, 1.807) is 24.3 Å². The summed E-state index contributed by atoms with van der Waals surface area (Å²) in [6, 6.07) is 8.30. The number of rotatable bonds is 5. The minimum Gasteiger partial charge on any atom is -0.410 e. The van der Waals surface area contributed by atoms with Crippen molar-refractivity contribution in [2.24, 2.45) is 5.92 Å². The van der Waals surface area contributed by atoms with Crippen LogP contribution in [0.15, 0.2) is 30.3 Å². The van der Waals surface area contributed by atoms with Crippen LogP contribution in [0.1, 0.15) is 20.3 Å². The Balaban J connectivity index is 1.96. The van der Waals surface area contributed by atoms with Gasteiger partial charge in [0.15, 0.2) is 0 Å². The second kappa shape index (κ2) is 8.68. The van der Waals surface area contributed by atoms with E-state index in [1.165, 1.54) is 0 Å². The molecule has 0 radical (unpaired) electrons. The lowest BCUT2D eigenvalue weighted by molar-refractivity contribution is -0.135. The Morgan fingerprint density at radius 2 is 1.75 bits per heavy atom. The monoisotopic (exact) mass is 333 g/mol. The van der Waals surface area contributed by atoms with Crippen molar-refractivity contribution in [3.63, 3.8) is 0 Å². The fraction of sp³-hybridized carbons (Fsp3) is 0.556. The Morgan fingerprint density at radius 1 is 1.12 bits per heavy atom. The van der Waals surface area contributed by atoms with Crippen LogP contribution in [-0.2, 0) is 4.79 Å². The Morgan fingerprint density at radius 3 is 2.33 bits per heavy atom. The van der Waals surface area contributed by atoms with Crippen LogP contribution in [0.25, 0.3) is 0 Å². The van der Waals surface area contributed by atoms with Gasteiger partial charge >= 0.3 is 6.09 Å². The largest absolute Gasteiger partial charge is 0.413 e. The van der Waals surface area contributed by atoms with E-state index in [2.05, 4.69) is 10.2 Å². The number of ether oxygens (including phenoxy) is 1. The van der Waals surface area contributed by atoms with E-state index in [0.29, 0.717) is 31.2 Å². The first-order valence-electron chi connectivity index (χ1n) is 8.46. The number of amides is 2. The first kappa shape index (κ1) is 18.3. The Labute approximate surface area is 143 Å². The average molecular weight is 333 g/mol. The molecule has 0 aliphatic carbocycles. The fourth-order valence-electron chi connectivity index (χ4n) is 2.71. The molecular formula is C18H27N3O3. The predicted octanol–water partition coefficient (Wildman–Crippen LogP) is 1.96. The molecule has 1 aliphatic heterocycles. The lowest BCUT2D eigenvalue weighted by atomic mass is 10.0. The third-order valence-electron chi connectivity index (χ3n) is 4.07. The summed E-state index contributed by atoms with van der Waals surface area (Å²) in [6.45, 7) is 7.17. The maximum absolute atomic E-state index is 12.8. The number of piperazine rings is 1. The van der Waals surface area contributed by atoms with E-state index in [-0.39, 0.29) is 5.91 Å². The number of carbonyl (C=O) groups excluding carboxylic acids is 2. The van der Waals surface area contributed by atoms with Crippen molar-refractivity contribution in [3.05, 3.63) is 30.3 Å². The maximum atomic E-state index is 12.8. The van der Waals surface area contributed by atoms with Gasteiger partial charge in [0.2, 0.25) is 5.91 Å². The van der Waals surface area contributed by atoms with Crippen LogP contribution in [-0.4, -0.2) is 61.1 Å². The molecule has 2 amide bonds. The molecule has 0 spiro atoms. The molecule has 0 bridgehead atoms. The summed E-state index contributed by atoms with van der Waals surface area (Å²) in [5.41, 5.74) is 0. The summed E-state index contributed by atoms with van der Waals surface area (Å²) in [7, 11) is 2.04. The minimum atomic E-state index is -0.589. The molecule has 24 heavy (non-hydrogen) atoms. The third kappa shape index (κ3) is 5.53. The smallest absolute Gasteiger partial charge is 0.410 e. The van der Waals surface area contributed by atoms with Gasteiger partial charge in [0, 0.05) is 26.2 Å². The standard InChI is InChI=1S/C18H27N3O3/c1-14(2)13-16(17(22)21-11-9-20(3)10-12-21)19-18(23)24-15-7-5-4-6-8-15/h4-8,14,16H,9-13H2,1-3H3,(H,19,23)/t16-/m1/s1. The van der Waals surface area contributed by atoms with Crippen molar-refractivity contribution in [2.45, 2.75) is 26.3 Å². The van der Waals surface area contributed by atoms with Gasteiger partial charge in [-0.1, -0.05) is 32.0 Å². The van der Waals surface area contributed by atoms with Crippen LogP contribution in [0.5, 0.6) is 5.75 Å². The van der Waals surface area contributed by atoms with Gasteiger partial charge in [0.05, 0.1) is 0 Å². The second-order valence-corrected chi connectivity index (χ2v) is 6.66. The molecular weight excluding hydrogens is 306 g/mol. The van der Waals surface area contributed by atoms with Crippen molar-refractivity contribution >= 4 is 12.0 Å². The second-order valence-electron chi connectivity index (χ2n) is 6.66. The summed E-state index contributed by atoms with van der Waals surface area (Å²) >= 11 is 0. The lowest BCUT2D eigenvalue weighted by Gasteiger charge is -2.35. The van der Waals surface area contributed by atoms with Gasteiger partial charge in [-0.15, -0.1) is 0 Å². The molecule has 6 heteroatoms. The number of benzene rings is 1. The highest BCUT2D eigenvalue weighted by atomic mass is 16.6. The third-order valence-corrected chi connectivity index (χ3v) is 4.07. The zero-order valence-corrected chi connectivity index (χ0v) is 14.7. The normalized spacial score (nSPS) is 16.8. The number of nitrogens with one attached hydrogen (secondary N) is 1. The summed E-state index contributed by atoms with van der Waals surface area (Å²) < 4.78 is 5.25. The van der Waals surface area contributed by atoms with E-state index in [1.807, 2.05) is 31.9 Å². The molecule has 2 rings (SSSR count). The fourth-order valence-corrected chi connectivity index (χ4v) is 2.71. The van der Waals surface area contributed by atoms with E-state index in [0.717, 1.165) is 13.1 Å². The van der Waals surface area contributed by atoms with E-state index < -0.39 is 12.1 Å². The molecule has 0 aromatic heterocycles. The van der Waals surface area contributed by atoms with E-state index in [4.69, 9.17) is 4.74 Å². The zero-order valence-electron chi connectivity index (χ0n) is 14.7. The molecule has 6 nitrogen and oxygen atoms in total. The van der Waals surface area contributed by atoms with Gasteiger partial charge in [-0.3, -0.25) is 4.79 Å². The molecule has 1 atom stereocenters. The summed E-state index contributed by atoms with van der Waals surface area (Å²) in [6.07, 6.45) is 0.00374. The van der Waals surface area contributed by atoms with Crippen LogP contribution in [0.4, 0.5) is 4.79 Å². The average Bonchev–Trinajstić information content (AvgIpc) is 2.55. The summed E-state index contributed by atoms with van der Waals surface area (Å²) in [4.78, 5) is 28.9. The van der Waals surface area contributed by atoms with Crippen molar-refractivity contribution in [1.82, 2.24) is 15.1 Å². The number of hydrogen-bond acceptors (Lipinski definition) is 4. The van der Waals surface area contributed by atoms with Crippen LogP contribution in [0, 0.1) is 5.92 Å². The number of nitrogens with zero attached hydrogens (tertiary/aromatic N) is 2. The van der Waals surface area contributed by atoms with Crippen molar-refractivity contribution in [3.8, 4) is 5.75 Å². The lowest BCUT2D eigenvalue weighted by Crippen LogP contribution is -2.55. The Kier molecular flexibility index (Phi) is 6.61. The van der Waals surface area contributed by atoms with Crippen molar-refractivity contribution < 1.29 is 14.3 Å². The first-order chi connectivity index (χ1) is 11.5. The molecule has 1 aromatic carbocycles. The molecule has 1 heterocycles. The Bertz CT molecular complexity index is 540. The van der Waals surface area contributed by atoms with Gasteiger partial charge in [0.25, 0.3) is 0 Å². The van der Waals surface area contributed by atoms with Crippen molar-refractivity contribution in [1.29, 1.82) is 0 Å². The molecule has 0 unspecified atom stereocenters. The Hall–Kier alpha value is -2.08. The van der Waals surface area contributed by atoms with Gasteiger partial charge in [-0.05, 0) is 31.5 Å².